The number of hydrogen-bond acceptors (Lipinski definition) is 5. The molecule has 1 saturated carbocycles. The van der Waals surface area contributed by atoms with E-state index in [-0.39, 0.29) is 17.2 Å². The smallest absolute Gasteiger partial charge is 0.324 e. The van der Waals surface area contributed by atoms with Crippen LogP contribution in [0.4, 0.5) is 22.1 Å². The van der Waals surface area contributed by atoms with Crippen molar-refractivity contribution in [3.8, 4) is 11.3 Å². The van der Waals surface area contributed by atoms with Gasteiger partial charge in [-0.05, 0) is 30.5 Å². The SMILES string of the molecule is CC(C)(C)c1cc(NC(=O)Nc2ccc(-c3cc(NC(=O)C4CC4)n[nH]3)cc2)no1. The molecule has 1 aromatic carbocycles. The molecule has 3 amide bonds. The standard InChI is InChI=1S/C21H24N6O3/c1-21(2,3)16-11-18(27-30-16)24-20(29)22-14-8-6-12(7-9-14)15-10-17(26-25-15)23-19(28)13-4-5-13/h6-11,13H,4-5H2,1-3H3,(H2,22,24,27,29)(H2,23,25,26,28). The van der Waals surface area contributed by atoms with Gasteiger partial charge in [-0.15, -0.1) is 0 Å². The third-order valence-electron chi connectivity index (χ3n) is 4.72. The van der Waals surface area contributed by atoms with Gasteiger partial charge in [0.05, 0.1) is 5.69 Å². The van der Waals surface area contributed by atoms with Crippen molar-refractivity contribution in [1.29, 1.82) is 0 Å². The van der Waals surface area contributed by atoms with Crippen molar-refractivity contribution in [1.82, 2.24) is 15.4 Å². The summed E-state index contributed by atoms with van der Waals surface area (Å²) in [5.74, 6) is 1.69. The van der Waals surface area contributed by atoms with Crippen molar-refractivity contribution >= 4 is 29.3 Å². The predicted molar refractivity (Wildman–Crippen MR) is 113 cm³/mol. The first-order valence-corrected chi connectivity index (χ1v) is 9.80. The van der Waals surface area contributed by atoms with E-state index in [0.717, 1.165) is 24.1 Å². The fourth-order valence-corrected chi connectivity index (χ4v) is 2.81. The molecule has 30 heavy (non-hydrogen) atoms. The van der Waals surface area contributed by atoms with Gasteiger partial charge >= 0.3 is 6.03 Å². The predicted octanol–water partition coefficient (Wildman–Crippen LogP) is 4.35. The van der Waals surface area contributed by atoms with E-state index in [1.54, 1.807) is 24.3 Å². The normalized spacial score (nSPS) is 13.7. The number of anilines is 3. The molecular weight excluding hydrogens is 384 g/mol. The Morgan fingerprint density at radius 3 is 2.40 bits per heavy atom. The molecule has 0 atom stereocenters. The van der Waals surface area contributed by atoms with Crippen LogP contribution in [0.3, 0.4) is 0 Å². The number of urea groups is 1. The van der Waals surface area contributed by atoms with Gasteiger partial charge in [-0.3, -0.25) is 15.2 Å². The van der Waals surface area contributed by atoms with Crippen LogP contribution < -0.4 is 16.0 Å². The lowest BCUT2D eigenvalue weighted by Crippen LogP contribution is -2.19. The molecule has 4 N–H and O–H groups in total. The van der Waals surface area contributed by atoms with Crippen LogP contribution in [0.15, 0.2) is 40.9 Å². The molecule has 0 bridgehead atoms. The first-order valence-electron chi connectivity index (χ1n) is 9.80. The maximum atomic E-state index is 12.2. The molecule has 9 heteroatoms. The minimum Gasteiger partial charge on any atom is -0.359 e. The Labute approximate surface area is 173 Å². The highest BCUT2D eigenvalue weighted by atomic mass is 16.5. The molecule has 156 valence electrons. The highest BCUT2D eigenvalue weighted by Gasteiger charge is 2.30. The number of aromatic amines is 1. The summed E-state index contributed by atoms with van der Waals surface area (Å²) >= 11 is 0. The summed E-state index contributed by atoms with van der Waals surface area (Å²) in [5, 5.41) is 19.1. The van der Waals surface area contributed by atoms with Gasteiger partial charge < -0.3 is 15.2 Å². The number of benzene rings is 1. The minimum atomic E-state index is -0.414. The van der Waals surface area contributed by atoms with Crippen LogP contribution in [-0.2, 0) is 10.2 Å². The fourth-order valence-electron chi connectivity index (χ4n) is 2.81. The van der Waals surface area contributed by atoms with Crippen molar-refractivity contribution in [3.63, 3.8) is 0 Å². The quantitative estimate of drug-likeness (QED) is 0.499. The van der Waals surface area contributed by atoms with Crippen molar-refractivity contribution in [2.75, 3.05) is 16.0 Å². The second-order valence-electron chi connectivity index (χ2n) is 8.41. The zero-order valence-electron chi connectivity index (χ0n) is 17.1. The highest BCUT2D eigenvalue weighted by molar-refractivity contribution is 5.99. The second-order valence-corrected chi connectivity index (χ2v) is 8.41. The van der Waals surface area contributed by atoms with E-state index >= 15 is 0 Å². The van der Waals surface area contributed by atoms with Gasteiger partial charge in [-0.25, -0.2) is 4.79 Å². The van der Waals surface area contributed by atoms with Crippen LogP contribution in [0.25, 0.3) is 11.3 Å². The molecule has 2 aromatic heterocycles. The van der Waals surface area contributed by atoms with Gasteiger partial charge in [0.1, 0.15) is 5.76 Å². The Morgan fingerprint density at radius 1 is 1.03 bits per heavy atom. The Morgan fingerprint density at radius 2 is 1.77 bits per heavy atom. The molecule has 1 aliphatic carbocycles. The average molecular weight is 408 g/mol. The summed E-state index contributed by atoms with van der Waals surface area (Å²) in [6.07, 6.45) is 1.89. The molecule has 0 saturated heterocycles. The monoisotopic (exact) mass is 408 g/mol. The average Bonchev–Trinajstić information content (AvgIpc) is 3.26. The van der Waals surface area contributed by atoms with Crippen molar-refractivity contribution in [2.24, 2.45) is 5.92 Å². The van der Waals surface area contributed by atoms with E-state index in [1.807, 2.05) is 32.9 Å². The van der Waals surface area contributed by atoms with Gasteiger partial charge in [0.15, 0.2) is 11.6 Å². The molecule has 4 rings (SSSR count). The van der Waals surface area contributed by atoms with Crippen molar-refractivity contribution in [3.05, 3.63) is 42.2 Å². The molecule has 0 aliphatic heterocycles. The lowest BCUT2D eigenvalue weighted by molar-refractivity contribution is -0.117. The van der Waals surface area contributed by atoms with E-state index in [1.165, 1.54) is 0 Å². The number of nitrogens with one attached hydrogen (secondary N) is 4. The van der Waals surface area contributed by atoms with E-state index in [2.05, 4.69) is 31.3 Å². The number of H-pyrrole nitrogens is 1. The molecule has 2 heterocycles. The van der Waals surface area contributed by atoms with Gasteiger partial charge in [0.25, 0.3) is 0 Å². The number of nitrogens with zero attached hydrogens (tertiary/aromatic N) is 2. The van der Waals surface area contributed by atoms with Crippen LogP contribution in [0.1, 0.15) is 39.4 Å². The summed E-state index contributed by atoms with van der Waals surface area (Å²) in [6, 6.07) is 10.3. The Kier molecular flexibility index (Phi) is 5.03. The maximum Gasteiger partial charge on any atom is 0.324 e. The number of carbonyl (C=O) groups is 2. The Bertz CT molecular complexity index is 1060. The molecule has 0 spiro atoms. The summed E-state index contributed by atoms with van der Waals surface area (Å²) < 4.78 is 5.26. The zero-order valence-corrected chi connectivity index (χ0v) is 17.1. The summed E-state index contributed by atoms with van der Waals surface area (Å²) in [6.45, 7) is 6.01. The Balaban J connectivity index is 1.34. The van der Waals surface area contributed by atoms with Gasteiger partial charge in [0, 0.05) is 29.2 Å². The van der Waals surface area contributed by atoms with Crippen molar-refractivity contribution in [2.45, 2.75) is 39.0 Å². The third-order valence-corrected chi connectivity index (χ3v) is 4.72. The lowest BCUT2D eigenvalue weighted by Gasteiger charge is -2.12. The first-order chi connectivity index (χ1) is 14.3. The number of hydrogen-bond donors (Lipinski definition) is 4. The summed E-state index contributed by atoms with van der Waals surface area (Å²) in [7, 11) is 0. The third kappa shape index (κ3) is 4.68. The highest BCUT2D eigenvalue weighted by Crippen LogP contribution is 2.30. The number of amides is 3. The summed E-state index contributed by atoms with van der Waals surface area (Å²) in [4.78, 5) is 24.0. The summed E-state index contributed by atoms with van der Waals surface area (Å²) in [5.41, 5.74) is 2.09. The zero-order chi connectivity index (χ0) is 21.3. The molecule has 0 radical (unpaired) electrons. The maximum absolute atomic E-state index is 12.2. The van der Waals surface area contributed by atoms with Crippen LogP contribution in [0.5, 0.6) is 0 Å². The minimum absolute atomic E-state index is 0.0142. The number of aromatic nitrogens is 3. The topological polar surface area (TPSA) is 125 Å². The molecule has 1 aliphatic rings. The van der Waals surface area contributed by atoms with Crippen molar-refractivity contribution < 1.29 is 14.1 Å². The molecule has 1 fully saturated rings. The molecule has 0 unspecified atom stereocenters. The Hall–Kier alpha value is -3.62. The molecule has 3 aromatic rings. The first kappa shape index (κ1) is 19.7. The number of rotatable bonds is 5. The second kappa shape index (κ2) is 7.66. The van der Waals surface area contributed by atoms with Crippen LogP contribution >= 0.6 is 0 Å². The lowest BCUT2D eigenvalue weighted by atomic mass is 9.93. The number of carbonyl (C=O) groups excluding carboxylic acids is 2. The van der Waals surface area contributed by atoms with E-state index in [0.29, 0.717) is 23.1 Å². The molecule has 9 nitrogen and oxygen atoms in total. The van der Waals surface area contributed by atoms with E-state index < -0.39 is 6.03 Å². The molecular formula is C21H24N6O3. The van der Waals surface area contributed by atoms with Crippen LogP contribution in [-0.4, -0.2) is 27.3 Å². The fraction of sp³-hybridized carbons (Fsp3) is 0.333. The van der Waals surface area contributed by atoms with E-state index in [4.69, 9.17) is 4.52 Å². The van der Waals surface area contributed by atoms with Gasteiger partial charge in [0.2, 0.25) is 5.91 Å². The van der Waals surface area contributed by atoms with E-state index in [9.17, 15) is 9.59 Å². The van der Waals surface area contributed by atoms with Gasteiger partial charge in [-0.1, -0.05) is 38.1 Å². The van der Waals surface area contributed by atoms with Crippen LogP contribution in [0.2, 0.25) is 0 Å². The van der Waals surface area contributed by atoms with Gasteiger partial charge in [-0.2, -0.15) is 5.10 Å². The largest absolute Gasteiger partial charge is 0.359 e. The van der Waals surface area contributed by atoms with Crippen LogP contribution in [0, 0.1) is 5.92 Å².